The summed E-state index contributed by atoms with van der Waals surface area (Å²) in [5.41, 5.74) is 7.30. The Bertz CT molecular complexity index is 473. The lowest BCUT2D eigenvalue weighted by Crippen LogP contribution is -2.30. The van der Waals surface area contributed by atoms with Gasteiger partial charge in [0.25, 0.3) is 0 Å². The number of hydrogen-bond donors (Lipinski definition) is 2. The fourth-order valence-electron chi connectivity index (χ4n) is 2.28. The summed E-state index contributed by atoms with van der Waals surface area (Å²) in [5.74, 6) is 0.347. The normalized spacial score (nSPS) is 18.6. The summed E-state index contributed by atoms with van der Waals surface area (Å²) < 4.78 is 0. The molecule has 1 aliphatic rings. The third-order valence-corrected chi connectivity index (χ3v) is 3.73. The Morgan fingerprint density at radius 3 is 2.63 bits per heavy atom. The van der Waals surface area contributed by atoms with Gasteiger partial charge < -0.3 is 15.7 Å². The number of thiocarbonyl (C=S) groups is 1. The molecule has 0 radical (unpaired) electrons. The Kier molecular flexibility index (Phi) is 4.50. The van der Waals surface area contributed by atoms with Crippen LogP contribution in [0.3, 0.4) is 0 Å². The lowest BCUT2D eigenvalue weighted by Gasteiger charge is -2.16. The van der Waals surface area contributed by atoms with Crippen LogP contribution in [0, 0.1) is 5.92 Å². The predicted molar refractivity (Wildman–Crippen MR) is 77.8 cm³/mol. The summed E-state index contributed by atoms with van der Waals surface area (Å²) in [6.45, 7) is 1.57. The minimum atomic E-state index is 0.110. The van der Waals surface area contributed by atoms with Gasteiger partial charge in [-0.1, -0.05) is 36.5 Å². The third-order valence-electron chi connectivity index (χ3n) is 3.49. The van der Waals surface area contributed by atoms with Gasteiger partial charge in [0.1, 0.15) is 4.99 Å². The van der Waals surface area contributed by atoms with Crippen molar-refractivity contribution < 1.29 is 9.90 Å². The van der Waals surface area contributed by atoms with E-state index in [1.54, 1.807) is 0 Å². The first-order valence-electron chi connectivity index (χ1n) is 6.37. The number of amides is 1. The molecule has 1 aromatic carbocycles. The summed E-state index contributed by atoms with van der Waals surface area (Å²) in [6, 6.07) is 7.44. The predicted octanol–water partition coefficient (Wildman–Crippen LogP) is 0.704. The van der Waals surface area contributed by atoms with Gasteiger partial charge in [-0.05, 0) is 12.0 Å². The molecule has 0 spiro atoms. The summed E-state index contributed by atoms with van der Waals surface area (Å²) in [5, 5.41) is 9.08. The number of benzene rings is 1. The molecule has 0 saturated carbocycles. The number of carbonyl (C=O) groups excluding carboxylic acids is 1. The van der Waals surface area contributed by atoms with E-state index in [4.69, 9.17) is 23.1 Å². The molecule has 1 amide bonds. The monoisotopic (exact) mass is 278 g/mol. The maximum atomic E-state index is 12.1. The summed E-state index contributed by atoms with van der Waals surface area (Å²) >= 11 is 4.89. The van der Waals surface area contributed by atoms with Crippen molar-refractivity contribution in [1.29, 1.82) is 0 Å². The van der Waals surface area contributed by atoms with Crippen LogP contribution in [0.15, 0.2) is 24.3 Å². The van der Waals surface area contributed by atoms with Crippen molar-refractivity contribution in [3.63, 3.8) is 0 Å². The Morgan fingerprint density at radius 1 is 1.42 bits per heavy atom. The molecule has 1 heterocycles. The second kappa shape index (κ2) is 6.12. The van der Waals surface area contributed by atoms with Gasteiger partial charge in [-0.15, -0.1) is 0 Å². The van der Waals surface area contributed by atoms with E-state index >= 15 is 0 Å². The van der Waals surface area contributed by atoms with Crippen molar-refractivity contribution in [3.05, 3.63) is 35.4 Å². The maximum Gasteiger partial charge on any atom is 0.227 e. The number of nitrogens with zero attached hydrogens (tertiary/aromatic N) is 1. The highest BCUT2D eigenvalue weighted by atomic mass is 32.1. The van der Waals surface area contributed by atoms with Crippen molar-refractivity contribution >= 4 is 23.1 Å². The highest BCUT2D eigenvalue weighted by Crippen LogP contribution is 2.17. The van der Waals surface area contributed by atoms with Gasteiger partial charge in [0.15, 0.2) is 0 Å². The number of hydrogen-bond acceptors (Lipinski definition) is 3. The van der Waals surface area contributed by atoms with Crippen molar-refractivity contribution in [2.45, 2.75) is 12.8 Å². The Labute approximate surface area is 118 Å². The molecule has 1 unspecified atom stereocenters. The molecule has 5 heteroatoms. The molecular weight excluding hydrogens is 260 g/mol. The Morgan fingerprint density at radius 2 is 2.11 bits per heavy atom. The fourth-order valence-corrected chi connectivity index (χ4v) is 2.42. The fraction of sp³-hybridized carbons (Fsp3) is 0.429. The van der Waals surface area contributed by atoms with E-state index in [-0.39, 0.29) is 18.4 Å². The molecule has 3 N–H and O–H groups in total. The van der Waals surface area contributed by atoms with Gasteiger partial charge in [0, 0.05) is 31.2 Å². The zero-order valence-corrected chi connectivity index (χ0v) is 11.5. The van der Waals surface area contributed by atoms with Gasteiger partial charge in [-0.3, -0.25) is 4.79 Å². The van der Waals surface area contributed by atoms with E-state index in [9.17, 15) is 4.79 Å². The van der Waals surface area contributed by atoms with Crippen LogP contribution < -0.4 is 5.73 Å². The van der Waals surface area contributed by atoms with Crippen molar-refractivity contribution in [2.75, 3.05) is 19.7 Å². The Hall–Kier alpha value is -1.46. The van der Waals surface area contributed by atoms with E-state index in [1.165, 1.54) is 0 Å². The van der Waals surface area contributed by atoms with Crippen molar-refractivity contribution in [2.24, 2.45) is 11.7 Å². The molecule has 0 aromatic heterocycles. The first kappa shape index (κ1) is 14.0. The molecule has 19 heavy (non-hydrogen) atoms. The van der Waals surface area contributed by atoms with Crippen LogP contribution in [0.2, 0.25) is 0 Å². The quantitative estimate of drug-likeness (QED) is 0.796. The smallest absolute Gasteiger partial charge is 0.227 e. The molecule has 0 bridgehead atoms. The zero-order chi connectivity index (χ0) is 13.8. The molecular formula is C14H18N2O2S. The van der Waals surface area contributed by atoms with Crippen molar-refractivity contribution in [3.8, 4) is 0 Å². The van der Waals surface area contributed by atoms with Gasteiger partial charge in [0.05, 0.1) is 6.42 Å². The first-order chi connectivity index (χ1) is 9.10. The van der Waals surface area contributed by atoms with Gasteiger partial charge >= 0.3 is 0 Å². The molecule has 102 valence electrons. The third kappa shape index (κ3) is 3.52. The van der Waals surface area contributed by atoms with Crippen molar-refractivity contribution in [1.82, 2.24) is 4.90 Å². The van der Waals surface area contributed by atoms with E-state index in [0.29, 0.717) is 18.0 Å². The molecule has 0 aliphatic carbocycles. The molecule has 4 nitrogen and oxygen atoms in total. The minimum Gasteiger partial charge on any atom is -0.396 e. The zero-order valence-electron chi connectivity index (χ0n) is 10.7. The van der Waals surface area contributed by atoms with E-state index in [1.807, 2.05) is 29.2 Å². The SMILES string of the molecule is NC(=S)c1ccc(CC(=O)N2CCC(CO)C2)cc1. The first-order valence-corrected chi connectivity index (χ1v) is 6.78. The van der Waals surface area contributed by atoms with Crippen LogP contribution in [-0.2, 0) is 11.2 Å². The summed E-state index contributed by atoms with van der Waals surface area (Å²) in [7, 11) is 0. The summed E-state index contributed by atoms with van der Waals surface area (Å²) in [4.78, 5) is 14.3. The minimum absolute atomic E-state index is 0.110. The largest absolute Gasteiger partial charge is 0.396 e. The molecule has 1 aliphatic heterocycles. The maximum absolute atomic E-state index is 12.1. The van der Waals surface area contributed by atoms with Gasteiger partial charge in [-0.25, -0.2) is 0 Å². The molecule has 1 aromatic rings. The van der Waals surface area contributed by atoms with Crippen LogP contribution in [-0.4, -0.2) is 40.6 Å². The second-order valence-corrected chi connectivity index (χ2v) is 5.35. The average molecular weight is 278 g/mol. The number of aliphatic hydroxyl groups excluding tert-OH is 1. The molecule has 2 rings (SSSR count). The molecule has 1 saturated heterocycles. The highest BCUT2D eigenvalue weighted by molar-refractivity contribution is 7.80. The lowest BCUT2D eigenvalue weighted by atomic mass is 10.1. The lowest BCUT2D eigenvalue weighted by molar-refractivity contribution is -0.129. The van der Waals surface area contributed by atoms with E-state index in [2.05, 4.69) is 0 Å². The Balaban J connectivity index is 1.94. The number of carbonyl (C=O) groups is 1. The molecule has 1 fully saturated rings. The topological polar surface area (TPSA) is 66.6 Å². The van der Waals surface area contributed by atoms with Crippen LogP contribution in [0.4, 0.5) is 0 Å². The van der Waals surface area contributed by atoms with E-state index in [0.717, 1.165) is 24.1 Å². The number of rotatable bonds is 4. The number of aliphatic hydroxyl groups is 1. The number of nitrogens with two attached hydrogens (primary N) is 1. The van der Waals surface area contributed by atoms with Gasteiger partial charge in [0.2, 0.25) is 5.91 Å². The van der Waals surface area contributed by atoms with Crippen LogP contribution in [0.1, 0.15) is 17.5 Å². The average Bonchev–Trinajstić information content (AvgIpc) is 2.88. The highest BCUT2D eigenvalue weighted by Gasteiger charge is 2.25. The summed E-state index contributed by atoms with van der Waals surface area (Å²) in [6.07, 6.45) is 1.28. The standard InChI is InChI=1S/C14H18N2O2S/c15-14(19)12-3-1-10(2-4-12)7-13(18)16-6-5-11(8-16)9-17/h1-4,11,17H,5-9H2,(H2,15,19). The van der Waals surface area contributed by atoms with E-state index < -0.39 is 0 Å². The molecule has 1 atom stereocenters. The van der Waals surface area contributed by atoms with Gasteiger partial charge in [-0.2, -0.15) is 0 Å². The number of likely N-dealkylation sites (tertiary alicyclic amines) is 1. The second-order valence-electron chi connectivity index (χ2n) is 4.91. The van der Waals surface area contributed by atoms with Crippen LogP contribution in [0.25, 0.3) is 0 Å². The van der Waals surface area contributed by atoms with Crippen LogP contribution in [0.5, 0.6) is 0 Å². The van der Waals surface area contributed by atoms with Crippen LogP contribution >= 0.6 is 12.2 Å².